The molecule has 0 saturated carbocycles. The van der Waals surface area contributed by atoms with Crippen LogP contribution in [0, 0.1) is 0 Å². The van der Waals surface area contributed by atoms with Crippen molar-refractivity contribution in [3.63, 3.8) is 0 Å². The number of carbonyl (C=O) groups is 5. The van der Waals surface area contributed by atoms with Crippen molar-refractivity contribution in [2.75, 3.05) is 6.54 Å². The van der Waals surface area contributed by atoms with E-state index in [4.69, 9.17) is 16.6 Å². The third-order valence-electron chi connectivity index (χ3n) is 3.55. The fourth-order valence-electron chi connectivity index (χ4n) is 2.08. The molecule has 1 rings (SSSR count). The van der Waals surface area contributed by atoms with E-state index in [-0.39, 0.29) is 6.42 Å². The van der Waals surface area contributed by atoms with Gasteiger partial charge in [0.25, 0.3) is 0 Å². The smallest absolute Gasteiger partial charge is 0.326 e. The Morgan fingerprint density at radius 3 is 2.43 bits per heavy atom. The zero-order valence-electron chi connectivity index (χ0n) is 15.1. The van der Waals surface area contributed by atoms with Gasteiger partial charge in [-0.2, -0.15) is 0 Å². The fraction of sp³-hybridized carbons (Fsp3) is 0.467. The first-order valence-corrected chi connectivity index (χ1v) is 8.21. The van der Waals surface area contributed by atoms with E-state index in [1.54, 1.807) is 0 Å². The summed E-state index contributed by atoms with van der Waals surface area (Å²) in [5, 5.41) is 15.7. The number of H-pyrrole nitrogens is 1. The molecule has 0 aliphatic heterocycles. The van der Waals surface area contributed by atoms with Crippen molar-refractivity contribution in [2.45, 2.75) is 37.9 Å². The van der Waals surface area contributed by atoms with Gasteiger partial charge in [0.1, 0.15) is 12.1 Å². The van der Waals surface area contributed by atoms with Crippen molar-refractivity contribution in [3.8, 4) is 0 Å². The summed E-state index contributed by atoms with van der Waals surface area (Å²) in [5.41, 5.74) is 11.3. The molecule has 0 bridgehead atoms. The lowest BCUT2D eigenvalue weighted by Crippen LogP contribution is -2.53. The molecule has 28 heavy (non-hydrogen) atoms. The number of carboxylic acids is 1. The quantitative estimate of drug-likeness (QED) is 0.197. The van der Waals surface area contributed by atoms with E-state index >= 15 is 0 Å². The molecule has 154 valence electrons. The second kappa shape index (κ2) is 10.6. The maximum atomic E-state index is 11.9. The molecular weight excluding hydrogens is 374 g/mol. The number of carboxylic acid groups (broad SMARTS) is 1. The summed E-state index contributed by atoms with van der Waals surface area (Å²) in [4.78, 5) is 64.1. The number of carbonyl (C=O) groups excluding carboxylic acids is 4. The van der Waals surface area contributed by atoms with Crippen LogP contribution in [-0.4, -0.2) is 69.3 Å². The Bertz CT molecular complexity index is 720. The molecule has 1 aromatic rings. The van der Waals surface area contributed by atoms with Crippen LogP contribution in [0.4, 0.5) is 0 Å². The molecule has 13 heteroatoms. The molecule has 4 amide bonds. The first kappa shape index (κ1) is 22.6. The molecular formula is C15H23N7O6. The topological polar surface area (TPSA) is 222 Å². The minimum absolute atomic E-state index is 0.197. The Hall–Kier alpha value is -3.48. The highest BCUT2D eigenvalue weighted by Gasteiger charge is 2.25. The second-order valence-electron chi connectivity index (χ2n) is 5.96. The summed E-state index contributed by atoms with van der Waals surface area (Å²) < 4.78 is 0. The van der Waals surface area contributed by atoms with Gasteiger partial charge in [0.2, 0.25) is 23.6 Å². The Labute approximate surface area is 159 Å². The van der Waals surface area contributed by atoms with Crippen LogP contribution in [0.5, 0.6) is 0 Å². The fourth-order valence-corrected chi connectivity index (χ4v) is 2.08. The van der Waals surface area contributed by atoms with Gasteiger partial charge in [0.15, 0.2) is 0 Å². The molecule has 13 nitrogen and oxygen atoms in total. The summed E-state index contributed by atoms with van der Waals surface area (Å²) in [6, 6.07) is -3.53. The number of nitrogens with zero attached hydrogens (tertiary/aromatic N) is 1. The van der Waals surface area contributed by atoms with Gasteiger partial charge in [-0.05, 0) is 6.92 Å². The maximum Gasteiger partial charge on any atom is 0.326 e. The average molecular weight is 397 g/mol. The molecule has 0 radical (unpaired) electrons. The zero-order valence-corrected chi connectivity index (χ0v) is 15.1. The van der Waals surface area contributed by atoms with Crippen molar-refractivity contribution in [3.05, 3.63) is 18.2 Å². The number of rotatable bonds is 11. The van der Waals surface area contributed by atoms with Crippen LogP contribution < -0.4 is 27.4 Å². The predicted octanol–water partition coefficient (Wildman–Crippen LogP) is -3.65. The lowest BCUT2D eigenvalue weighted by Gasteiger charge is -2.18. The van der Waals surface area contributed by atoms with E-state index in [9.17, 15) is 24.0 Å². The van der Waals surface area contributed by atoms with E-state index in [2.05, 4.69) is 25.9 Å². The van der Waals surface area contributed by atoms with Gasteiger partial charge in [0, 0.05) is 18.3 Å². The van der Waals surface area contributed by atoms with E-state index in [0.29, 0.717) is 5.69 Å². The Balaban J connectivity index is 2.42. The molecule has 1 heterocycles. The standard InChI is InChI=1S/C15H23N7O6/c1-7(13(25)22-10(15(27)28)3-11(17)23)21-12(24)5-19-14(26)9(16)2-8-4-18-6-20-8/h4,6-7,9-10H,2-3,5,16H2,1H3,(H2,17,23)(H,18,20)(H,19,26)(H,21,24)(H,22,25)(H,27,28). The lowest BCUT2D eigenvalue weighted by molar-refractivity contribution is -0.143. The summed E-state index contributed by atoms with van der Waals surface area (Å²) in [7, 11) is 0. The molecule has 0 fully saturated rings. The molecule has 3 atom stereocenters. The number of aromatic nitrogens is 2. The minimum atomic E-state index is -1.51. The Morgan fingerprint density at radius 2 is 1.89 bits per heavy atom. The van der Waals surface area contributed by atoms with Crippen molar-refractivity contribution >= 4 is 29.6 Å². The number of nitrogens with one attached hydrogen (secondary N) is 4. The van der Waals surface area contributed by atoms with Crippen LogP contribution in [0.15, 0.2) is 12.5 Å². The number of hydrogen-bond acceptors (Lipinski definition) is 7. The maximum absolute atomic E-state index is 11.9. The second-order valence-corrected chi connectivity index (χ2v) is 5.96. The average Bonchev–Trinajstić information content (AvgIpc) is 3.11. The number of amides is 4. The highest BCUT2D eigenvalue weighted by molar-refractivity contribution is 5.93. The molecule has 0 saturated heterocycles. The van der Waals surface area contributed by atoms with Crippen LogP contribution in [0.25, 0.3) is 0 Å². The summed E-state index contributed by atoms with van der Waals surface area (Å²) in [5.74, 6) is -4.44. The van der Waals surface area contributed by atoms with Crippen LogP contribution in [-0.2, 0) is 30.4 Å². The van der Waals surface area contributed by atoms with E-state index < -0.39 is 60.7 Å². The van der Waals surface area contributed by atoms with Crippen LogP contribution in [0.1, 0.15) is 19.0 Å². The number of aromatic amines is 1. The van der Waals surface area contributed by atoms with Crippen molar-refractivity contribution in [1.29, 1.82) is 0 Å². The summed E-state index contributed by atoms with van der Waals surface area (Å²) in [6.45, 7) is 0.874. The number of aliphatic carboxylic acids is 1. The van der Waals surface area contributed by atoms with Crippen molar-refractivity contribution < 1.29 is 29.1 Å². The number of imidazole rings is 1. The highest BCUT2D eigenvalue weighted by Crippen LogP contribution is 1.96. The largest absolute Gasteiger partial charge is 0.480 e. The third kappa shape index (κ3) is 7.82. The molecule has 1 aromatic heterocycles. The molecule has 0 aliphatic carbocycles. The Kier molecular flexibility index (Phi) is 8.55. The number of hydrogen-bond donors (Lipinski definition) is 7. The first-order chi connectivity index (χ1) is 13.1. The third-order valence-corrected chi connectivity index (χ3v) is 3.55. The van der Waals surface area contributed by atoms with Gasteiger partial charge >= 0.3 is 5.97 Å². The van der Waals surface area contributed by atoms with Gasteiger partial charge in [-0.25, -0.2) is 9.78 Å². The first-order valence-electron chi connectivity index (χ1n) is 8.21. The molecule has 0 aromatic carbocycles. The Morgan fingerprint density at radius 1 is 1.21 bits per heavy atom. The van der Waals surface area contributed by atoms with Crippen molar-refractivity contribution in [1.82, 2.24) is 25.9 Å². The molecule has 3 unspecified atom stereocenters. The van der Waals surface area contributed by atoms with Crippen LogP contribution >= 0.6 is 0 Å². The van der Waals surface area contributed by atoms with Crippen LogP contribution in [0.3, 0.4) is 0 Å². The predicted molar refractivity (Wildman–Crippen MR) is 94.3 cm³/mol. The normalized spacial score (nSPS) is 13.6. The number of nitrogens with two attached hydrogens (primary N) is 2. The SMILES string of the molecule is CC(NC(=O)CNC(=O)C(N)Cc1cnc[nH]1)C(=O)NC(CC(N)=O)C(=O)O. The van der Waals surface area contributed by atoms with E-state index in [1.807, 2.05) is 0 Å². The van der Waals surface area contributed by atoms with Gasteiger partial charge in [-0.15, -0.1) is 0 Å². The summed E-state index contributed by atoms with van der Waals surface area (Å²) >= 11 is 0. The van der Waals surface area contributed by atoms with Gasteiger partial charge in [-0.1, -0.05) is 0 Å². The molecule has 0 spiro atoms. The zero-order chi connectivity index (χ0) is 21.3. The summed E-state index contributed by atoms with van der Waals surface area (Å²) in [6.07, 6.45) is 2.57. The van der Waals surface area contributed by atoms with E-state index in [0.717, 1.165) is 0 Å². The molecule has 9 N–H and O–H groups in total. The van der Waals surface area contributed by atoms with Gasteiger partial charge < -0.3 is 37.5 Å². The van der Waals surface area contributed by atoms with Gasteiger partial charge in [0.05, 0.1) is 25.3 Å². The minimum Gasteiger partial charge on any atom is -0.480 e. The van der Waals surface area contributed by atoms with Crippen molar-refractivity contribution in [2.24, 2.45) is 11.5 Å². The highest BCUT2D eigenvalue weighted by atomic mass is 16.4. The van der Waals surface area contributed by atoms with E-state index in [1.165, 1.54) is 19.4 Å². The van der Waals surface area contributed by atoms with Crippen LogP contribution in [0.2, 0.25) is 0 Å². The monoisotopic (exact) mass is 397 g/mol. The lowest BCUT2D eigenvalue weighted by atomic mass is 10.1. The van der Waals surface area contributed by atoms with Gasteiger partial charge in [-0.3, -0.25) is 19.2 Å². The molecule has 0 aliphatic rings. The number of primary amides is 1.